The Balaban J connectivity index is 1.62. The number of aliphatic hydroxyl groups is 1. The van der Waals surface area contributed by atoms with Crippen LogP contribution in [0.3, 0.4) is 0 Å². The molecule has 1 saturated carbocycles. The van der Waals surface area contributed by atoms with Crippen molar-refractivity contribution >= 4 is 17.4 Å². The number of likely N-dealkylation sites (tertiary alicyclic amines) is 1. The van der Waals surface area contributed by atoms with E-state index >= 15 is 0 Å². The predicted molar refractivity (Wildman–Crippen MR) is 133 cm³/mol. The fourth-order valence-corrected chi connectivity index (χ4v) is 6.49. The van der Waals surface area contributed by atoms with E-state index in [9.17, 15) is 9.90 Å². The number of unbranched alkanes of at least 4 members (excludes halogenated alkanes) is 1. The van der Waals surface area contributed by atoms with Gasteiger partial charge in [-0.15, -0.1) is 11.3 Å². The van der Waals surface area contributed by atoms with E-state index < -0.39 is 5.60 Å². The first-order valence-corrected chi connectivity index (χ1v) is 13.8. The summed E-state index contributed by atoms with van der Waals surface area (Å²) in [6.07, 6.45) is 13.6. The molecule has 1 aliphatic heterocycles. The highest BCUT2D eigenvalue weighted by atomic mass is 32.1. The summed E-state index contributed by atoms with van der Waals surface area (Å²) in [5.41, 5.74) is -0.993. The van der Waals surface area contributed by atoms with Gasteiger partial charge >= 0.3 is 6.03 Å². The molecule has 2 amide bonds. The van der Waals surface area contributed by atoms with Crippen LogP contribution in [0, 0.1) is 11.8 Å². The van der Waals surface area contributed by atoms with Gasteiger partial charge in [0.2, 0.25) is 0 Å². The highest BCUT2D eigenvalue weighted by Crippen LogP contribution is 2.40. The molecule has 0 bridgehead atoms. The topological polar surface area (TPSA) is 86.7 Å². The van der Waals surface area contributed by atoms with Crippen molar-refractivity contribution in [3.05, 3.63) is 16.6 Å². The Morgan fingerprint density at radius 1 is 1.30 bits per heavy atom. The van der Waals surface area contributed by atoms with E-state index in [1.165, 1.54) is 43.4 Å². The maximum Gasteiger partial charge on any atom is 0.317 e. The lowest BCUT2D eigenvalue weighted by molar-refractivity contribution is -0.0565. The monoisotopic (exact) mass is 480 g/mol. The molecular formula is C25H44N4O3S. The number of likely N-dealkylation sites (N-methyl/N-ethyl adjacent to an activating group) is 1. The van der Waals surface area contributed by atoms with Gasteiger partial charge < -0.3 is 25.4 Å². The van der Waals surface area contributed by atoms with Gasteiger partial charge in [-0.05, 0) is 51.5 Å². The van der Waals surface area contributed by atoms with Crippen LogP contribution in [-0.2, 0) is 10.3 Å². The van der Waals surface area contributed by atoms with Crippen LogP contribution in [0.2, 0.25) is 0 Å². The lowest BCUT2D eigenvalue weighted by Crippen LogP contribution is -2.54. The number of carbonyl (C=O) groups is 1. The van der Waals surface area contributed by atoms with Gasteiger partial charge in [-0.25, -0.2) is 9.78 Å². The van der Waals surface area contributed by atoms with E-state index in [4.69, 9.17) is 4.74 Å². The molecule has 3 rings (SSSR count). The van der Waals surface area contributed by atoms with Gasteiger partial charge in [0.1, 0.15) is 10.6 Å². The molecule has 0 spiro atoms. The molecule has 2 fully saturated rings. The summed E-state index contributed by atoms with van der Waals surface area (Å²) in [5, 5.41) is 21.1. The molecule has 2 aliphatic rings. The molecule has 33 heavy (non-hydrogen) atoms. The van der Waals surface area contributed by atoms with Crippen LogP contribution in [0.15, 0.2) is 11.6 Å². The summed E-state index contributed by atoms with van der Waals surface area (Å²) in [7, 11) is 3.66. The van der Waals surface area contributed by atoms with E-state index in [0.717, 1.165) is 50.2 Å². The average Bonchev–Trinajstić information content (AvgIpc) is 3.38. The zero-order valence-corrected chi connectivity index (χ0v) is 21.4. The second-order valence-electron chi connectivity index (χ2n) is 9.94. The summed E-state index contributed by atoms with van der Waals surface area (Å²) in [5.74, 6) is 0.709. The Kier molecular flexibility index (Phi) is 10.9. The van der Waals surface area contributed by atoms with Gasteiger partial charge in [-0.2, -0.15) is 0 Å². The van der Waals surface area contributed by atoms with Crippen LogP contribution in [-0.4, -0.2) is 67.5 Å². The number of nitrogens with one attached hydrogen (secondary N) is 2. The number of amides is 2. The van der Waals surface area contributed by atoms with Crippen molar-refractivity contribution in [1.29, 1.82) is 0 Å². The first kappa shape index (κ1) is 26.4. The Morgan fingerprint density at radius 2 is 2.12 bits per heavy atom. The van der Waals surface area contributed by atoms with E-state index in [0.29, 0.717) is 25.5 Å². The largest absolute Gasteiger partial charge is 0.385 e. The van der Waals surface area contributed by atoms with Crippen molar-refractivity contribution in [2.75, 3.05) is 40.4 Å². The van der Waals surface area contributed by atoms with Crippen LogP contribution < -0.4 is 10.6 Å². The third-order valence-electron chi connectivity index (χ3n) is 7.46. The van der Waals surface area contributed by atoms with Gasteiger partial charge in [-0.1, -0.05) is 32.1 Å². The number of hydrogen-bond donors (Lipinski definition) is 3. The summed E-state index contributed by atoms with van der Waals surface area (Å²) >= 11 is 1.51. The van der Waals surface area contributed by atoms with Crippen LogP contribution in [0.4, 0.5) is 4.79 Å². The molecule has 3 N–H and O–H groups in total. The zero-order valence-electron chi connectivity index (χ0n) is 20.6. The predicted octanol–water partition coefficient (Wildman–Crippen LogP) is 4.13. The SMILES string of the molecule is CNCC(CC1CCCCC1)NC(=O)N1CCC[C@@H]([C@@](O)(CCCCOC)c2nccs2)C1. The minimum Gasteiger partial charge on any atom is -0.385 e. The van der Waals surface area contributed by atoms with Crippen LogP contribution >= 0.6 is 11.3 Å². The fraction of sp³-hybridized carbons (Fsp3) is 0.840. The standard InChI is InChI=1S/C25H44N4O3S/c1-26-18-22(17-20-9-4-3-5-10-20)28-24(30)29-14-8-11-21(19-29)25(31,12-6-7-15-32-2)23-27-13-16-33-23/h13,16,20-22,26,31H,3-12,14-15,17-19H2,1-2H3,(H,28,30)/t21-,22?,25+/m1/s1. The lowest BCUT2D eigenvalue weighted by Gasteiger charge is -2.42. The quantitative estimate of drug-likeness (QED) is 0.392. The van der Waals surface area contributed by atoms with Gasteiger partial charge in [0.15, 0.2) is 0 Å². The molecule has 3 atom stereocenters. The third kappa shape index (κ3) is 7.64. The lowest BCUT2D eigenvalue weighted by atomic mass is 9.78. The minimum absolute atomic E-state index is 0.00760. The molecule has 1 unspecified atom stereocenters. The second kappa shape index (κ2) is 13.6. The van der Waals surface area contributed by atoms with E-state index in [1.54, 1.807) is 13.3 Å². The first-order chi connectivity index (χ1) is 16.1. The second-order valence-corrected chi connectivity index (χ2v) is 10.8. The Labute approximate surface area is 203 Å². The van der Waals surface area contributed by atoms with Gasteiger partial charge in [0, 0.05) is 56.9 Å². The summed E-state index contributed by atoms with van der Waals surface area (Å²) in [6.45, 7) is 2.81. The van der Waals surface area contributed by atoms with Gasteiger partial charge in [-0.3, -0.25) is 0 Å². The molecule has 8 heteroatoms. The van der Waals surface area contributed by atoms with Crippen molar-refractivity contribution in [3.63, 3.8) is 0 Å². The van der Waals surface area contributed by atoms with Gasteiger partial charge in [0.05, 0.1) is 0 Å². The molecule has 2 heterocycles. The number of methoxy groups -OCH3 is 1. The highest BCUT2D eigenvalue weighted by molar-refractivity contribution is 7.09. The van der Waals surface area contributed by atoms with Crippen molar-refractivity contribution in [1.82, 2.24) is 20.5 Å². The normalized spacial score (nSPS) is 22.6. The van der Waals surface area contributed by atoms with E-state index in [2.05, 4.69) is 15.6 Å². The zero-order chi connectivity index (χ0) is 23.5. The minimum atomic E-state index is -0.993. The molecule has 188 valence electrons. The molecule has 1 aromatic rings. The number of hydrogen-bond acceptors (Lipinski definition) is 6. The van der Waals surface area contributed by atoms with E-state index in [1.807, 2.05) is 17.3 Å². The molecule has 0 radical (unpaired) electrons. The number of nitrogens with zero attached hydrogens (tertiary/aromatic N) is 2. The number of rotatable bonds is 12. The van der Waals surface area contributed by atoms with Crippen LogP contribution in [0.5, 0.6) is 0 Å². The number of carbonyl (C=O) groups excluding carboxylic acids is 1. The van der Waals surface area contributed by atoms with Crippen molar-refractivity contribution in [3.8, 4) is 0 Å². The summed E-state index contributed by atoms with van der Waals surface area (Å²) in [6, 6.07) is 0.162. The highest BCUT2D eigenvalue weighted by Gasteiger charge is 2.43. The number of ether oxygens (including phenoxy) is 1. The summed E-state index contributed by atoms with van der Waals surface area (Å²) in [4.78, 5) is 19.7. The van der Waals surface area contributed by atoms with Crippen molar-refractivity contribution < 1.29 is 14.6 Å². The Morgan fingerprint density at radius 3 is 2.82 bits per heavy atom. The number of piperidine rings is 1. The molecular weight excluding hydrogens is 436 g/mol. The number of urea groups is 1. The van der Waals surface area contributed by atoms with E-state index in [-0.39, 0.29) is 18.0 Å². The number of aromatic nitrogens is 1. The van der Waals surface area contributed by atoms with Crippen molar-refractivity contribution in [2.45, 2.75) is 82.3 Å². The molecule has 0 aromatic carbocycles. The van der Waals surface area contributed by atoms with Crippen LogP contribution in [0.1, 0.15) is 75.6 Å². The molecule has 1 aromatic heterocycles. The summed E-state index contributed by atoms with van der Waals surface area (Å²) < 4.78 is 5.19. The van der Waals surface area contributed by atoms with Gasteiger partial charge in [0.25, 0.3) is 0 Å². The smallest absolute Gasteiger partial charge is 0.317 e. The van der Waals surface area contributed by atoms with Crippen LogP contribution in [0.25, 0.3) is 0 Å². The first-order valence-electron chi connectivity index (χ1n) is 12.9. The Hall–Kier alpha value is -1.22. The average molecular weight is 481 g/mol. The third-order valence-corrected chi connectivity index (χ3v) is 8.40. The maximum atomic E-state index is 13.3. The fourth-order valence-electron chi connectivity index (χ4n) is 5.65. The Bertz CT molecular complexity index is 683. The number of thiazole rings is 1. The molecule has 1 aliphatic carbocycles. The van der Waals surface area contributed by atoms with Crippen molar-refractivity contribution in [2.24, 2.45) is 11.8 Å². The molecule has 7 nitrogen and oxygen atoms in total. The molecule has 1 saturated heterocycles. The maximum absolute atomic E-state index is 13.3.